The molecule has 7 rings (SSSR count). The molecule has 1 fully saturated rings. The van der Waals surface area contributed by atoms with Crippen molar-refractivity contribution >= 4 is 45.0 Å². The van der Waals surface area contributed by atoms with Gasteiger partial charge in [-0.3, -0.25) is 9.59 Å². The predicted molar refractivity (Wildman–Crippen MR) is 155 cm³/mol. The number of carbonyl (C=O) groups excluding carboxylic acids is 1. The van der Waals surface area contributed by atoms with Crippen molar-refractivity contribution in [1.29, 1.82) is 0 Å². The van der Waals surface area contributed by atoms with Gasteiger partial charge in [-0.25, -0.2) is 9.97 Å². The highest BCUT2D eigenvalue weighted by Gasteiger charge is 2.22. The molecular formula is C31H32N6O2. The van der Waals surface area contributed by atoms with Crippen molar-refractivity contribution in [3.8, 4) is 11.4 Å². The maximum atomic E-state index is 12.2. The first-order valence-electron chi connectivity index (χ1n) is 14.0. The number of aryl methyl sites for hydroxylation is 3. The molecule has 0 spiro atoms. The number of likely N-dealkylation sites (tertiary alicyclic amines) is 1. The molecule has 2 aliphatic rings. The molecule has 1 saturated heterocycles. The predicted octanol–water partition coefficient (Wildman–Crippen LogP) is 5.19. The number of hydrogen-bond acceptors (Lipinski definition) is 4. The van der Waals surface area contributed by atoms with E-state index < -0.39 is 0 Å². The van der Waals surface area contributed by atoms with Crippen LogP contribution in [0, 0.1) is 6.92 Å². The highest BCUT2D eigenvalue weighted by atomic mass is 16.2. The first kappa shape index (κ1) is 23.9. The molecule has 39 heavy (non-hydrogen) atoms. The van der Waals surface area contributed by atoms with Crippen LogP contribution >= 0.6 is 0 Å². The number of H-pyrrole nitrogens is 1. The van der Waals surface area contributed by atoms with Crippen LogP contribution in [0.25, 0.3) is 50.4 Å². The quantitative estimate of drug-likeness (QED) is 0.334. The van der Waals surface area contributed by atoms with E-state index in [9.17, 15) is 9.59 Å². The highest BCUT2D eigenvalue weighted by Crippen LogP contribution is 2.35. The number of aromatic nitrogens is 5. The molecule has 1 aliphatic carbocycles. The van der Waals surface area contributed by atoms with Gasteiger partial charge in [-0.15, -0.1) is 0 Å². The topological polar surface area (TPSA) is 88.8 Å². The van der Waals surface area contributed by atoms with Crippen molar-refractivity contribution < 1.29 is 4.79 Å². The van der Waals surface area contributed by atoms with Crippen LogP contribution in [0.2, 0.25) is 0 Å². The fourth-order valence-corrected chi connectivity index (χ4v) is 6.41. The van der Waals surface area contributed by atoms with Gasteiger partial charge < -0.3 is 19.0 Å². The Morgan fingerprint density at radius 3 is 2.69 bits per heavy atom. The zero-order chi connectivity index (χ0) is 26.7. The molecule has 5 aromatic rings. The van der Waals surface area contributed by atoms with E-state index in [2.05, 4.69) is 56.4 Å². The number of benzene rings is 2. The van der Waals surface area contributed by atoms with Gasteiger partial charge in [0.1, 0.15) is 11.5 Å². The second kappa shape index (κ2) is 9.22. The van der Waals surface area contributed by atoms with Crippen molar-refractivity contribution in [1.82, 2.24) is 29.0 Å². The minimum Gasteiger partial charge on any atom is -0.344 e. The van der Waals surface area contributed by atoms with Gasteiger partial charge in [-0.1, -0.05) is 12.2 Å². The third-order valence-electron chi connectivity index (χ3n) is 8.33. The van der Waals surface area contributed by atoms with Gasteiger partial charge in [-0.05, 0) is 69.9 Å². The number of aromatic amines is 1. The van der Waals surface area contributed by atoms with E-state index in [-0.39, 0.29) is 11.5 Å². The van der Waals surface area contributed by atoms with Crippen molar-refractivity contribution in [3.63, 3.8) is 0 Å². The monoisotopic (exact) mass is 520 g/mol. The van der Waals surface area contributed by atoms with Crippen molar-refractivity contribution in [2.75, 3.05) is 13.1 Å². The van der Waals surface area contributed by atoms with Gasteiger partial charge in [-0.2, -0.15) is 0 Å². The Morgan fingerprint density at radius 1 is 0.974 bits per heavy atom. The number of imidazole rings is 1. The summed E-state index contributed by atoms with van der Waals surface area (Å²) in [5.74, 6) is 1.15. The van der Waals surface area contributed by atoms with Crippen LogP contribution in [0.5, 0.6) is 0 Å². The van der Waals surface area contributed by atoms with Gasteiger partial charge in [0.05, 0.1) is 22.1 Å². The lowest BCUT2D eigenvalue weighted by molar-refractivity contribution is -0.127. The molecule has 198 valence electrons. The lowest BCUT2D eigenvalue weighted by Gasteiger charge is -2.16. The number of nitrogens with zero attached hydrogens (tertiary/aromatic N) is 5. The normalized spacial score (nSPS) is 15.3. The maximum Gasteiger partial charge on any atom is 0.269 e. The average molecular weight is 521 g/mol. The molecule has 0 atom stereocenters. The van der Waals surface area contributed by atoms with Crippen LogP contribution in [0.1, 0.15) is 49.6 Å². The Morgan fingerprint density at radius 2 is 1.87 bits per heavy atom. The summed E-state index contributed by atoms with van der Waals surface area (Å²) in [5, 5.41) is 1.26. The second-order valence-corrected chi connectivity index (χ2v) is 10.7. The van der Waals surface area contributed by atoms with Crippen LogP contribution in [-0.4, -0.2) is 48.0 Å². The van der Waals surface area contributed by atoms with E-state index in [4.69, 9.17) is 4.98 Å². The Hall–Kier alpha value is -4.20. The summed E-state index contributed by atoms with van der Waals surface area (Å²) in [4.78, 5) is 39.0. The molecule has 8 heteroatoms. The zero-order valence-corrected chi connectivity index (χ0v) is 22.5. The molecule has 1 amide bonds. The molecule has 8 nitrogen and oxygen atoms in total. The van der Waals surface area contributed by atoms with Gasteiger partial charge in [0, 0.05) is 60.3 Å². The Labute approximate surface area is 226 Å². The number of allylic oxidation sites excluding steroid dienone is 1. The summed E-state index contributed by atoms with van der Waals surface area (Å²) in [6.45, 7) is 7.21. The van der Waals surface area contributed by atoms with Gasteiger partial charge in [0.25, 0.3) is 5.56 Å². The molecule has 1 aliphatic heterocycles. The zero-order valence-electron chi connectivity index (χ0n) is 22.5. The number of carbonyl (C=O) groups is 1. The Balaban J connectivity index is 1.38. The first-order valence-corrected chi connectivity index (χ1v) is 14.0. The summed E-state index contributed by atoms with van der Waals surface area (Å²) in [6, 6.07) is 10.6. The van der Waals surface area contributed by atoms with E-state index in [0.29, 0.717) is 17.6 Å². The lowest BCUT2D eigenvalue weighted by atomic mass is 10.0. The molecule has 4 heterocycles. The first-order chi connectivity index (χ1) is 19.0. The third-order valence-corrected chi connectivity index (χ3v) is 8.33. The fraction of sp³-hybridized carbons (Fsp3) is 0.355. The fourth-order valence-electron chi connectivity index (χ4n) is 6.41. The minimum atomic E-state index is -0.180. The minimum absolute atomic E-state index is 0.180. The third kappa shape index (κ3) is 3.88. The van der Waals surface area contributed by atoms with Gasteiger partial charge >= 0.3 is 0 Å². The summed E-state index contributed by atoms with van der Waals surface area (Å²) >= 11 is 0. The van der Waals surface area contributed by atoms with Crippen molar-refractivity contribution in [2.45, 2.75) is 59.0 Å². The molecule has 2 aromatic carbocycles. The number of rotatable bonds is 6. The van der Waals surface area contributed by atoms with Crippen molar-refractivity contribution in [2.24, 2.45) is 0 Å². The number of hydrogen-bond donors (Lipinski definition) is 1. The van der Waals surface area contributed by atoms with Crippen LogP contribution in [-0.2, 0) is 24.3 Å². The standard InChI is InChI=1S/C31H32N6O2/c1-3-36-26-9-5-4-8-21(26)22-16-20(11-12-27(22)36)30-33-25-17-23-24(32-19(2)31(39)34-23)18-28(25)37(30)15-7-14-35-13-6-10-29(35)38/h4,8,11-12,16-18H,3,5-7,9-10,13-15H2,1-2H3,(H,34,39). The van der Waals surface area contributed by atoms with Gasteiger partial charge in [0.15, 0.2) is 0 Å². The average Bonchev–Trinajstić information content (AvgIpc) is 3.61. The number of nitrogens with one attached hydrogen (secondary N) is 1. The number of amides is 1. The Bertz CT molecular complexity index is 1870. The van der Waals surface area contributed by atoms with E-state index in [1.54, 1.807) is 6.92 Å². The molecular weight excluding hydrogens is 488 g/mol. The molecule has 3 aromatic heterocycles. The van der Waals surface area contributed by atoms with Gasteiger partial charge in [0.2, 0.25) is 5.91 Å². The highest BCUT2D eigenvalue weighted by molar-refractivity contribution is 5.96. The molecule has 0 saturated carbocycles. The largest absolute Gasteiger partial charge is 0.344 e. The maximum absolute atomic E-state index is 12.2. The Kier molecular flexibility index (Phi) is 5.65. The van der Waals surface area contributed by atoms with Crippen LogP contribution in [0.4, 0.5) is 0 Å². The van der Waals surface area contributed by atoms with E-state index in [1.165, 1.54) is 22.2 Å². The SMILES string of the molecule is CCn1c2c(c3cc(-c4nc5cc6[nH]c(=O)c(C)nc6cc5n4CCCN4CCCC4=O)ccc31)C=CCC2. The van der Waals surface area contributed by atoms with Crippen LogP contribution < -0.4 is 5.56 Å². The van der Waals surface area contributed by atoms with E-state index in [0.717, 1.165) is 79.8 Å². The summed E-state index contributed by atoms with van der Waals surface area (Å²) in [7, 11) is 0. The van der Waals surface area contributed by atoms with Crippen LogP contribution in [0.15, 0.2) is 41.2 Å². The molecule has 0 radical (unpaired) electrons. The summed E-state index contributed by atoms with van der Waals surface area (Å²) in [6.07, 6.45) is 9.12. The van der Waals surface area contributed by atoms with Crippen molar-refractivity contribution in [3.05, 3.63) is 63.7 Å². The summed E-state index contributed by atoms with van der Waals surface area (Å²) < 4.78 is 4.70. The molecule has 0 unspecified atom stereocenters. The number of fused-ring (bicyclic) bond motifs is 5. The van der Waals surface area contributed by atoms with E-state index in [1.807, 2.05) is 17.0 Å². The summed E-state index contributed by atoms with van der Waals surface area (Å²) in [5.41, 5.74) is 8.56. The van der Waals surface area contributed by atoms with Crippen LogP contribution in [0.3, 0.4) is 0 Å². The second-order valence-electron chi connectivity index (χ2n) is 10.7. The smallest absolute Gasteiger partial charge is 0.269 e. The molecule has 0 bridgehead atoms. The lowest BCUT2D eigenvalue weighted by Crippen LogP contribution is -2.26. The van der Waals surface area contributed by atoms with E-state index >= 15 is 0 Å². The molecule has 1 N–H and O–H groups in total.